The third-order valence-electron chi connectivity index (χ3n) is 11.0. The van der Waals surface area contributed by atoms with E-state index in [2.05, 4.69) is 26.5 Å². The summed E-state index contributed by atoms with van der Waals surface area (Å²) >= 11 is 6.17. The molecule has 1 spiro atoms. The van der Waals surface area contributed by atoms with Crippen molar-refractivity contribution >= 4 is 46.1 Å². The van der Waals surface area contributed by atoms with Crippen LogP contribution < -0.4 is 20.5 Å². The maximum absolute atomic E-state index is 14.4. The predicted octanol–water partition coefficient (Wildman–Crippen LogP) is 6.36. The normalized spacial score (nSPS) is 16.3. The second kappa shape index (κ2) is 15.0. The van der Waals surface area contributed by atoms with Gasteiger partial charge in [-0.25, -0.2) is 9.97 Å². The molecule has 8 rings (SSSR count). The van der Waals surface area contributed by atoms with E-state index in [9.17, 15) is 27.6 Å². The predicted molar refractivity (Wildman–Crippen MR) is 206 cm³/mol. The van der Waals surface area contributed by atoms with Gasteiger partial charge in [-0.15, -0.1) is 5.10 Å². The quantitative estimate of drug-likeness (QED) is 0.171. The van der Waals surface area contributed by atoms with E-state index in [4.69, 9.17) is 21.3 Å². The Morgan fingerprint density at radius 2 is 1.77 bits per heavy atom. The molecular formula is C40H39ClF3N9O4. The first-order chi connectivity index (χ1) is 27.3. The van der Waals surface area contributed by atoms with Crippen molar-refractivity contribution in [3.63, 3.8) is 0 Å². The van der Waals surface area contributed by atoms with Crippen LogP contribution in [0.3, 0.4) is 0 Å². The maximum atomic E-state index is 14.4. The molecule has 296 valence electrons. The van der Waals surface area contributed by atoms with E-state index >= 15 is 0 Å². The number of hydrogen-bond acceptors (Lipinski definition) is 9. The lowest BCUT2D eigenvalue weighted by atomic mass is 9.58. The highest BCUT2D eigenvalue weighted by Crippen LogP contribution is 2.56. The van der Waals surface area contributed by atoms with E-state index in [1.807, 2.05) is 42.2 Å². The Morgan fingerprint density at radius 3 is 2.42 bits per heavy atom. The average molecular weight is 802 g/mol. The Hall–Kier alpha value is -5.77. The monoisotopic (exact) mass is 801 g/mol. The third kappa shape index (κ3) is 7.33. The number of allylic oxidation sites excluding steroid dienone is 2. The number of nitrogens with one attached hydrogen (secondary N) is 1. The Balaban J connectivity index is 1.08. The van der Waals surface area contributed by atoms with Crippen molar-refractivity contribution in [2.75, 3.05) is 36.4 Å². The molecule has 17 heteroatoms. The van der Waals surface area contributed by atoms with Gasteiger partial charge in [0.2, 0.25) is 11.7 Å². The van der Waals surface area contributed by atoms with Crippen molar-refractivity contribution in [3.05, 3.63) is 110 Å². The van der Waals surface area contributed by atoms with Crippen LogP contribution in [0.25, 0.3) is 11.4 Å². The molecule has 2 aromatic carbocycles. The Kier molecular flexibility index (Phi) is 10.0. The zero-order valence-electron chi connectivity index (χ0n) is 31.3. The van der Waals surface area contributed by atoms with Gasteiger partial charge < -0.3 is 24.4 Å². The lowest BCUT2D eigenvalue weighted by molar-refractivity contribution is -0.137. The van der Waals surface area contributed by atoms with Gasteiger partial charge in [0.05, 0.1) is 27.7 Å². The van der Waals surface area contributed by atoms with Crippen molar-refractivity contribution in [1.29, 1.82) is 0 Å². The topological polar surface area (TPSA) is 140 Å². The number of hydrogen-bond donors (Lipinski definition) is 1. The number of ether oxygens (including phenoxy) is 1. The van der Waals surface area contributed by atoms with E-state index in [-0.39, 0.29) is 72.8 Å². The summed E-state index contributed by atoms with van der Waals surface area (Å²) in [7, 11) is 0. The van der Waals surface area contributed by atoms with E-state index in [1.165, 1.54) is 10.8 Å². The van der Waals surface area contributed by atoms with E-state index in [1.54, 1.807) is 16.4 Å². The summed E-state index contributed by atoms with van der Waals surface area (Å²) in [6, 6.07) is 12.3. The molecule has 2 amide bonds. The van der Waals surface area contributed by atoms with Crippen LogP contribution in [-0.2, 0) is 30.5 Å². The average Bonchev–Trinajstić information content (AvgIpc) is 3.60. The second-order valence-electron chi connectivity index (χ2n) is 14.7. The summed E-state index contributed by atoms with van der Waals surface area (Å²) in [6.45, 7) is 4.58. The summed E-state index contributed by atoms with van der Waals surface area (Å²) < 4.78 is 48.8. The van der Waals surface area contributed by atoms with E-state index in [0.717, 1.165) is 55.0 Å². The molecule has 3 aliphatic rings. The Morgan fingerprint density at radius 1 is 1.04 bits per heavy atom. The van der Waals surface area contributed by atoms with Gasteiger partial charge >= 0.3 is 6.18 Å². The van der Waals surface area contributed by atoms with Crippen molar-refractivity contribution < 1.29 is 27.5 Å². The first-order valence-electron chi connectivity index (χ1n) is 18.8. The minimum atomic E-state index is -4.60. The van der Waals surface area contributed by atoms with Gasteiger partial charge in [-0.2, -0.15) is 22.7 Å². The standard InChI is InChI=1S/C40H39ClF3N9O4/c1-3-30-33(50-14-16-51(17-15-50)36(55)32-34(24(2)45-23-46-32)57-22-25-8-5-4-6-9-25)37(56)53-38(48-35(49-53)26-19-39(20-26)12-7-13-39)52(30)21-31(54)47-29-11-10-27(18-28(29)41)40(42,43)44/h4-6,8-11,18-19,23H,3,7,12-17,20-22H2,1-2H3,(H,47,54). The van der Waals surface area contributed by atoms with Gasteiger partial charge in [0.15, 0.2) is 17.3 Å². The van der Waals surface area contributed by atoms with Gasteiger partial charge in [-0.3, -0.25) is 14.4 Å². The van der Waals surface area contributed by atoms with Crippen molar-refractivity contribution in [2.45, 2.75) is 65.3 Å². The van der Waals surface area contributed by atoms with Crippen LogP contribution in [0.2, 0.25) is 5.02 Å². The molecule has 1 saturated carbocycles. The number of piperazine rings is 1. The number of rotatable bonds is 10. The second-order valence-corrected chi connectivity index (χ2v) is 15.1. The molecule has 1 saturated heterocycles. The number of aromatic nitrogens is 6. The fraction of sp³-hybridized carbons (Fsp3) is 0.375. The highest BCUT2D eigenvalue weighted by molar-refractivity contribution is 6.33. The number of halogens is 4. The van der Waals surface area contributed by atoms with Gasteiger partial charge in [0.1, 0.15) is 25.2 Å². The number of carbonyl (C=O) groups is 2. The van der Waals surface area contributed by atoms with Gasteiger partial charge in [-0.1, -0.05) is 61.4 Å². The molecule has 13 nitrogen and oxygen atoms in total. The molecule has 2 aliphatic carbocycles. The smallest absolute Gasteiger partial charge is 0.416 e. The Labute approximate surface area is 330 Å². The number of benzene rings is 2. The van der Waals surface area contributed by atoms with Crippen LogP contribution in [0.15, 0.2) is 65.7 Å². The van der Waals surface area contributed by atoms with Crippen molar-refractivity contribution in [2.24, 2.45) is 5.41 Å². The first kappa shape index (κ1) is 38.1. The lowest BCUT2D eigenvalue weighted by Gasteiger charge is -2.46. The van der Waals surface area contributed by atoms with Crippen LogP contribution in [0, 0.1) is 12.3 Å². The molecule has 0 bridgehead atoms. The summed E-state index contributed by atoms with van der Waals surface area (Å²) in [4.78, 5) is 58.8. The van der Waals surface area contributed by atoms with Crippen LogP contribution in [0.1, 0.15) is 71.4 Å². The van der Waals surface area contributed by atoms with Crippen LogP contribution in [0.4, 0.5) is 24.5 Å². The fourth-order valence-electron chi connectivity index (χ4n) is 7.81. The number of nitrogens with zero attached hydrogens (tertiary/aromatic N) is 8. The number of fused-ring (bicyclic) bond motifs is 1. The van der Waals surface area contributed by atoms with E-state index < -0.39 is 23.2 Å². The molecule has 2 fully saturated rings. The van der Waals surface area contributed by atoms with E-state index in [0.29, 0.717) is 35.1 Å². The molecule has 3 aromatic heterocycles. The number of alkyl halides is 3. The molecule has 4 heterocycles. The summed E-state index contributed by atoms with van der Waals surface area (Å²) in [6.07, 6.45) is 3.39. The van der Waals surface area contributed by atoms with Gasteiger partial charge in [0, 0.05) is 26.2 Å². The fourth-order valence-corrected chi connectivity index (χ4v) is 8.03. The molecule has 0 unspecified atom stereocenters. The minimum absolute atomic E-state index is 0.00544. The first-order valence-corrected chi connectivity index (χ1v) is 19.2. The molecule has 0 atom stereocenters. The molecule has 1 N–H and O–H groups in total. The van der Waals surface area contributed by atoms with Gasteiger partial charge in [0.25, 0.3) is 11.5 Å². The summed E-state index contributed by atoms with van der Waals surface area (Å²) in [5.74, 6) is -0.0489. The lowest BCUT2D eigenvalue weighted by Crippen LogP contribution is -2.51. The largest absolute Gasteiger partial charge is 0.485 e. The highest BCUT2D eigenvalue weighted by Gasteiger charge is 2.43. The minimum Gasteiger partial charge on any atom is -0.485 e. The third-order valence-corrected chi connectivity index (χ3v) is 11.3. The zero-order chi connectivity index (χ0) is 40.1. The molecule has 0 radical (unpaired) electrons. The molecule has 57 heavy (non-hydrogen) atoms. The van der Waals surface area contributed by atoms with Crippen LogP contribution >= 0.6 is 11.6 Å². The van der Waals surface area contributed by atoms with Gasteiger partial charge in [-0.05, 0) is 67.4 Å². The molecular weight excluding hydrogens is 763 g/mol. The zero-order valence-corrected chi connectivity index (χ0v) is 32.0. The molecule has 5 aromatic rings. The van der Waals surface area contributed by atoms with Crippen molar-refractivity contribution in [3.8, 4) is 5.75 Å². The number of anilines is 2. The SMILES string of the molecule is CCc1c(N2CCN(C(=O)c3ncnc(C)c3OCc3ccccc3)CC2)c(=O)n2nc(C3=CC4(CCC4)C3)nc2n1CC(=O)Nc1ccc(C(F)(F)F)cc1Cl. The highest BCUT2D eigenvalue weighted by atomic mass is 35.5. The molecule has 1 aliphatic heterocycles. The summed E-state index contributed by atoms with van der Waals surface area (Å²) in [5, 5.41) is 7.00. The number of carbonyl (C=O) groups excluding carboxylic acids is 2. The Bertz CT molecular complexity index is 2470. The van der Waals surface area contributed by atoms with Crippen molar-refractivity contribution in [1.82, 2.24) is 34.0 Å². The van der Waals surface area contributed by atoms with Crippen LogP contribution in [0.5, 0.6) is 5.75 Å². The van der Waals surface area contributed by atoms with Crippen LogP contribution in [-0.4, -0.2) is 72.0 Å². The number of aryl methyl sites for hydroxylation is 1. The summed E-state index contributed by atoms with van der Waals surface area (Å²) in [5.41, 5.74) is 2.18. The maximum Gasteiger partial charge on any atom is 0.416 e. The number of amides is 2.